The molecule has 5 nitrogen and oxygen atoms in total. The van der Waals surface area contributed by atoms with Crippen molar-refractivity contribution in [3.05, 3.63) is 66.5 Å². The fourth-order valence-electron chi connectivity index (χ4n) is 1.91. The Morgan fingerprint density at radius 3 is 2.80 bits per heavy atom. The number of methoxy groups -OCH3 is 1. The third-order valence-electron chi connectivity index (χ3n) is 3.05. The molecule has 0 atom stereocenters. The summed E-state index contributed by atoms with van der Waals surface area (Å²) in [6.07, 6.45) is 3.22. The van der Waals surface area contributed by atoms with E-state index in [1.165, 1.54) is 6.07 Å². The number of nitrogens with one attached hydrogen (secondary N) is 2. The number of benzene rings is 2. The highest BCUT2D eigenvalue weighted by molar-refractivity contribution is 7.80. The maximum Gasteiger partial charge on any atom is 0.191 e. The van der Waals surface area contributed by atoms with Crippen molar-refractivity contribution in [2.24, 2.45) is 5.10 Å². The summed E-state index contributed by atoms with van der Waals surface area (Å²) in [7, 11) is 1.56. The second-order valence-electron chi connectivity index (χ2n) is 4.81. The Morgan fingerprint density at radius 1 is 1.28 bits per heavy atom. The van der Waals surface area contributed by atoms with Gasteiger partial charge in [0.05, 0.1) is 19.0 Å². The number of hydrogen-bond donors (Lipinski definition) is 2. The molecule has 0 unspecified atom stereocenters. The summed E-state index contributed by atoms with van der Waals surface area (Å²) < 4.78 is 24.3. The van der Waals surface area contributed by atoms with Gasteiger partial charge in [0.2, 0.25) is 0 Å². The molecule has 2 aromatic carbocycles. The predicted octanol–water partition coefficient (Wildman–Crippen LogP) is 3.72. The molecule has 7 heteroatoms. The molecule has 2 aromatic rings. The number of nitrogens with zero attached hydrogens (tertiary/aromatic N) is 1. The van der Waals surface area contributed by atoms with Crippen molar-refractivity contribution in [1.82, 2.24) is 5.43 Å². The second-order valence-corrected chi connectivity index (χ2v) is 5.22. The van der Waals surface area contributed by atoms with E-state index in [1.807, 2.05) is 6.07 Å². The number of thiocarbonyl (C=S) groups is 1. The molecule has 2 N–H and O–H groups in total. The minimum atomic E-state index is -0.393. The van der Waals surface area contributed by atoms with Crippen LogP contribution in [0.3, 0.4) is 0 Å². The Morgan fingerprint density at radius 2 is 2.08 bits per heavy atom. The average molecular weight is 359 g/mol. The van der Waals surface area contributed by atoms with Crippen LogP contribution in [-0.4, -0.2) is 25.0 Å². The molecule has 0 amide bonds. The van der Waals surface area contributed by atoms with Gasteiger partial charge in [-0.3, -0.25) is 5.43 Å². The number of hydrogen-bond acceptors (Lipinski definition) is 4. The molecule has 25 heavy (non-hydrogen) atoms. The van der Waals surface area contributed by atoms with Crippen LogP contribution >= 0.6 is 12.2 Å². The van der Waals surface area contributed by atoms with E-state index in [2.05, 4.69) is 22.4 Å². The summed E-state index contributed by atoms with van der Waals surface area (Å²) in [5.41, 5.74) is 3.69. The molecule has 0 aliphatic heterocycles. The normalized spacial score (nSPS) is 10.3. The Balaban J connectivity index is 1.96. The fraction of sp³-hybridized carbons (Fsp3) is 0.111. The number of halogens is 1. The van der Waals surface area contributed by atoms with Gasteiger partial charge in [0.1, 0.15) is 12.4 Å². The number of hydrazone groups is 1. The lowest BCUT2D eigenvalue weighted by atomic mass is 10.2. The largest absolute Gasteiger partial charge is 0.493 e. The lowest BCUT2D eigenvalue weighted by Crippen LogP contribution is -2.24. The van der Waals surface area contributed by atoms with Crippen LogP contribution in [0.5, 0.6) is 11.5 Å². The fourth-order valence-corrected chi connectivity index (χ4v) is 2.07. The summed E-state index contributed by atoms with van der Waals surface area (Å²) in [6, 6.07) is 11.6. The van der Waals surface area contributed by atoms with Gasteiger partial charge < -0.3 is 14.8 Å². The Bertz CT molecular complexity index is 781. The maximum absolute atomic E-state index is 13.5. The van der Waals surface area contributed by atoms with Crippen LogP contribution in [0.25, 0.3) is 0 Å². The van der Waals surface area contributed by atoms with Crippen LogP contribution in [-0.2, 0) is 0 Å². The van der Waals surface area contributed by atoms with E-state index in [9.17, 15) is 4.39 Å². The molecule has 0 aliphatic rings. The first-order valence-corrected chi connectivity index (χ1v) is 7.81. The molecule has 0 fully saturated rings. The summed E-state index contributed by atoms with van der Waals surface area (Å²) in [5.74, 6) is 0.803. The van der Waals surface area contributed by atoms with Crippen molar-refractivity contribution >= 4 is 29.2 Å². The highest BCUT2D eigenvalue weighted by atomic mass is 32.1. The van der Waals surface area contributed by atoms with Gasteiger partial charge in [-0.05, 0) is 48.1 Å². The lowest BCUT2D eigenvalue weighted by molar-refractivity contribution is 0.326. The number of para-hydroxylation sites is 1. The van der Waals surface area contributed by atoms with Crippen molar-refractivity contribution in [3.63, 3.8) is 0 Å². The van der Waals surface area contributed by atoms with E-state index >= 15 is 0 Å². The third-order valence-corrected chi connectivity index (χ3v) is 3.24. The molecule has 0 bridgehead atoms. The molecule has 0 saturated heterocycles. The van der Waals surface area contributed by atoms with Gasteiger partial charge in [-0.2, -0.15) is 5.10 Å². The zero-order chi connectivity index (χ0) is 18.1. The first-order valence-electron chi connectivity index (χ1n) is 7.40. The number of rotatable bonds is 7. The Kier molecular flexibility index (Phi) is 6.91. The molecule has 0 spiro atoms. The minimum Gasteiger partial charge on any atom is -0.493 e. The van der Waals surface area contributed by atoms with Crippen molar-refractivity contribution in [3.8, 4) is 11.5 Å². The standard InChI is InChI=1S/C18H18FN3O2S/c1-3-10-24-16-9-8-13(11-17(16)23-2)12-20-22-18(25)21-15-7-5-4-6-14(15)19/h3-9,11-12H,1,10H2,2H3,(H2,21,22,25)/b20-12-. The van der Waals surface area contributed by atoms with Gasteiger partial charge in [-0.1, -0.05) is 24.8 Å². The van der Waals surface area contributed by atoms with Gasteiger partial charge in [0.15, 0.2) is 16.6 Å². The second kappa shape index (κ2) is 9.39. The van der Waals surface area contributed by atoms with Crippen LogP contribution in [0.1, 0.15) is 5.56 Å². The third kappa shape index (κ3) is 5.58. The van der Waals surface area contributed by atoms with Gasteiger partial charge in [-0.25, -0.2) is 4.39 Å². The molecular weight excluding hydrogens is 341 g/mol. The van der Waals surface area contributed by atoms with Crippen LogP contribution in [0.4, 0.5) is 10.1 Å². The van der Waals surface area contributed by atoms with E-state index in [4.69, 9.17) is 21.7 Å². The Hall–Kier alpha value is -2.93. The van der Waals surface area contributed by atoms with Crippen molar-refractivity contribution < 1.29 is 13.9 Å². The van der Waals surface area contributed by atoms with E-state index in [1.54, 1.807) is 49.7 Å². The van der Waals surface area contributed by atoms with E-state index in [0.29, 0.717) is 18.1 Å². The number of anilines is 1. The van der Waals surface area contributed by atoms with Crippen LogP contribution in [0, 0.1) is 5.82 Å². The Labute approximate surface area is 151 Å². The van der Waals surface area contributed by atoms with Gasteiger partial charge in [0.25, 0.3) is 0 Å². The minimum absolute atomic E-state index is 0.180. The molecule has 0 aliphatic carbocycles. The summed E-state index contributed by atoms with van der Waals surface area (Å²) in [5, 5.41) is 6.93. The number of ether oxygens (including phenoxy) is 2. The van der Waals surface area contributed by atoms with Gasteiger partial charge in [-0.15, -0.1) is 0 Å². The molecule has 130 valence electrons. The predicted molar refractivity (Wildman–Crippen MR) is 102 cm³/mol. The summed E-state index contributed by atoms with van der Waals surface area (Å²) >= 11 is 5.07. The van der Waals surface area contributed by atoms with E-state index < -0.39 is 5.82 Å². The van der Waals surface area contributed by atoms with E-state index in [-0.39, 0.29) is 10.8 Å². The molecule has 0 aromatic heterocycles. The molecule has 0 saturated carbocycles. The molecule has 0 heterocycles. The van der Waals surface area contributed by atoms with Crippen molar-refractivity contribution in [2.45, 2.75) is 0 Å². The van der Waals surface area contributed by atoms with E-state index in [0.717, 1.165) is 5.56 Å². The monoisotopic (exact) mass is 359 g/mol. The topological polar surface area (TPSA) is 54.9 Å². The van der Waals surface area contributed by atoms with Crippen molar-refractivity contribution in [1.29, 1.82) is 0 Å². The van der Waals surface area contributed by atoms with Gasteiger partial charge >= 0.3 is 0 Å². The highest BCUT2D eigenvalue weighted by Gasteiger charge is 2.05. The van der Waals surface area contributed by atoms with Crippen molar-refractivity contribution in [2.75, 3.05) is 19.0 Å². The average Bonchev–Trinajstić information content (AvgIpc) is 2.62. The van der Waals surface area contributed by atoms with Crippen LogP contribution in [0.15, 0.2) is 60.2 Å². The SMILES string of the molecule is C=CCOc1ccc(/C=N\NC(=S)Nc2ccccc2F)cc1OC. The highest BCUT2D eigenvalue weighted by Crippen LogP contribution is 2.27. The first-order chi connectivity index (χ1) is 12.1. The zero-order valence-electron chi connectivity index (χ0n) is 13.7. The van der Waals surface area contributed by atoms with Crippen LogP contribution in [0.2, 0.25) is 0 Å². The van der Waals surface area contributed by atoms with Gasteiger partial charge in [0, 0.05) is 0 Å². The molecule has 2 rings (SSSR count). The van der Waals surface area contributed by atoms with Crippen LogP contribution < -0.4 is 20.2 Å². The maximum atomic E-state index is 13.5. The summed E-state index contributed by atoms with van der Waals surface area (Å²) in [4.78, 5) is 0. The molecular formula is C18H18FN3O2S. The first kappa shape index (κ1) is 18.4. The summed E-state index contributed by atoms with van der Waals surface area (Å²) in [6.45, 7) is 3.99. The molecule has 0 radical (unpaired) electrons. The quantitative estimate of drug-likeness (QED) is 0.342. The zero-order valence-corrected chi connectivity index (χ0v) is 14.5. The lowest BCUT2D eigenvalue weighted by Gasteiger charge is -2.10. The smallest absolute Gasteiger partial charge is 0.191 e.